The Bertz CT molecular complexity index is 1640. The second-order valence-corrected chi connectivity index (χ2v) is 11.5. The van der Waals surface area contributed by atoms with Crippen molar-refractivity contribution < 1.29 is 28.8 Å². The summed E-state index contributed by atoms with van der Waals surface area (Å²) in [5, 5.41) is 32.5. The molecule has 0 saturated carbocycles. The van der Waals surface area contributed by atoms with Gasteiger partial charge in [0.15, 0.2) is 5.82 Å². The summed E-state index contributed by atoms with van der Waals surface area (Å²) in [6, 6.07) is 9.91. The Kier molecular flexibility index (Phi) is 6.40. The van der Waals surface area contributed by atoms with Crippen molar-refractivity contribution in [2.75, 3.05) is 37.7 Å². The van der Waals surface area contributed by atoms with Gasteiger partial charge in [-0.15, -0.1) is 0 Å². The normalized spacial score (nSPS) is 26.3. The Morgan fingerprint density at radius 1 is 1.12 bits per heavy atom. The first-order chi connectivity index (χ1) is 19.8. The molecule has 3 N–H and O–H groups in total. The first kappa shape index (κ1) is 26.2. The van der Waals surface area contributed by atoms with E-state index in [0.717, 1.165) is 24.8 Å². The highest BCUT2D eigenvalue weighted by Crippen LogP contribution is 2.41. The summed E-state index contributed by atoms with van der Waals surface area (Å²) in [5.41, 5.74) is -0.0569. The molecule has 0 bridgehead atoms. The summed E-state index contributed by atoms with van der Waals surface area (Å²) < 4.78 is 36.9. The van der Waals surface area contributed by atoms with Gasteiger partial charge < -0.3 is 25.0 Å². The van der Waals surface area contributed by atoms with Crippen LogP contribution in [-0.2, 0) is 0 Å². The summed E-state index contributed by atoms with van der Waals surface area (Å²) in [4.78, 5) is 17.4. The van der Waals surface area contributed by atoms with E-state index >= 15 is 4.39 Å². The zero-order valence-electron chi connectivity index (χ0n) is 22.4. The number of benzene rings is 2. The molecule has 41 heavy (non-hydrogen) atoms. The Morgan fingerprint density at radius 3 is 2.83 bits per heavy atom. The molecular weight excluding hydrogens is 532 g/mol. The molecule has 0 radical (unpaired) electrons. The molecule has 1 unspecified atom stereocenters. The number of phenols is 1. The number of aliphatic hydroxyl groups is 2. The Balaban J connectivity index is 1.36. The van der Waals surface area contributed by atoms with Gasteiger partial charge in [0.05, 0.1) is 29.7 Å². The van der Waals surface area contributed by atoms with Crippen LogP contribution in [0.4, 0.5) is 14.6 Å². The van der Waals surface area contributed by atoms with Gasteiger partial charge in [0.2, 0.25) is 0 Å². The largest absolute Gasteiger partial charge is 0.508 e. The third-order valence-corrected chi connectivity index (χ3v) is 8.85. The number of β-amino-alcohol motifs (C(OH)–C–C–N with tert-alkyl or cyclic N) is 1. The first-order valence-corrected chi connectivity index (χ1v) is 14.0. The summed E-state index contributed by atoms with van der Waals surface area (Å²) in [6.07, 6.45) is 2.31. The number of rotatable bonds is 6. The number of halogens is 2. The molecule has 3 aliphatic rings. The third-order valence-electron chi connectivity index (χ3n) is 8.85. The molecule has 4 aromatic rings. The number of pyridine rings is 1. The maximum atomic E-state index is 16.5. The van der Waals surface area contributed by atoms with Gasteiger partial charge in [-0.1, -0.05) is 24.3 Å². The minimum absolute atomic E-state index is 0.0111. The van der Waals surface area contributed by atoms with E-state index in [9.17, 15) is 19.7 Å². The fourth-order valence-electron chi connectivity index (χ4n) is 6.96. The monoisotopic (exact) mass is 563 g/mol. The molecule has 3 saturated heterocycles. The second-order valence-electron chi connectivity index (χ2n) is 11.5. The number of aromatic hydroxyl groups is 1. The van der Waals surface area contributed by atoms with Crippen molar-refractivity contribution in [3.05, 3.63) is 48.4 Å². The number of aliphatic hydroxyl groups excluding tert-OH is 2. The van der Waals surface area contributed by atoms with Crippen LogP contribution in [0.25, 0.3) is 32.9 Å². The van der Waals surface area contributed by atoms with Crippen molar-refractivity contribution in [1.29, 1.82) is 0 Å². The average molecular weight is 564 g/mol. The summed E-state index contributed by atoms with van der Waals surface area (Å²) in [5.74, 6) is -0.431. The van der Waals surface area contributed by atoms with Gasteiger partial charge in [0, 0.05) is 31.3 Å². The van der Waals surface area contributed by atoms with E-state index in [1.807, 2.05) is 24.3 Å². The lowest BCUT2D eigenvalue weighted by molar-refractivity contribution is 0.107. The van der Waals surface area contributed by atoms with Gasteiger partial charge in [-0.05, 0) is 48.7 Å². The molecule has 0 amide bonds. The third kappa shape index (κ3) is 4.43. The SMILES string of the molecule is OC[C@H]1CC(O)CN1c1nc(OC[C@@]23CCCN2C[C@H](F)C3)nc2c(F)c(-c3cc(O)cc4ccccc34)ncc12. The van der Waals surface area contributed by atoms with Gasteiger partial charge in [0.1, 0.15) is 35.6 Å². The van der Waals surface area contributed by atoms with E-state index in [1.165, 1.54) is 12.3 Å². The van der Waals surface area contributed by atoms with Gasteiger partial charge in [-0.25, -0.2) is 8.78 Å². The van der Waals surface area contributed by atoms with Crippen LogP contribution in [0, 0.1) is 5.82 Å². The van der Waals surface area contributed by atoms with Crippen molar-refractivity contribution >= 4 is 27.5 Å². The predicted molar refractivity (Wildman–Crippen MR) is 149 cm³/mol. The van der Waals surface area contributed by atoms with Crippen LogP contribution >= 0.6 is 0 Å². The molecular formula is C30H31F2N5O4. The Labute approximate surface area is 235 Å². The zero-order chi connectivity index (χ0) is 28.3. The summed E-state index contributed by atoms with van der Waals surface area (Å²) in [7, 11) is 0. The lowest BCUT2D eigenvalue weighted by atomic mass is 9.95. The molecule has 4 atom stereocenters. The Morgan fingerprint density at radius 2 is 1.98 bits per heavy atom. The van der Waals surface area contributed by atoms with E-state index < -0.39 is 29.7 Å². The number of phenolic OH excluding ortho intramolecular Hbond substituents is 1. The topological polar surface area (TPSA) is 115 Å². The fraction of sp³-hybridized carbons (Fsp3) is 0.433. The maximum absolute atomic E-state index is 16.5. The lowest BCUT2D eigenvalue weighted by Gasteiger charge is -2.31. The minimum Gasteiger partial charge on any atom is -0.508 e. The van der Waals surface area contributed by atoms with Crippen molar-refractivity contribution in [1.82, 2.24) is 19.9 Å². The number of alkyl halides is 1. The highest BCUT2D eigenvalue weighted by atomic mass is 19.1. The highest BCUT2D eigenvalue weighted by Gasteiger charge is 2.49. The standard InChI is InChI=1S/C30H31F2N5O4/c31-18-11-30(6-3-7-36(30)13-18)16-41-29-34-27-24(28(35-29)37-14-21(40)9-19(37)15-38)12-33-26(25(27)32)23-10-20(39)8-17-4-1-2-5-22(17)23/h1-2,4-5,8,10,12,18-19,21,38-40H,3,6-7,9,11,13-16H2/t18-,19-,21?,30+/m1/s1. The highest BCUT2D eigenvalue weighted by molar-refractivity contribution is 5.99. The average Bonchev–Trinajstić information content (AvgIpc) is 3.62. The van der Waals surface area contributed by atoms with Crippen molar-refractivity contribution in [2.45, 2.75) is 49.5 Å². The Hall–Kier alpha value is -3.67. The molecule has 214 valence electrons. The maximum Gasteiger partial charge on any atom is 0.319 e. The van der Waals surface area contributed by atoms with Crippen LogP contribution in [-0.4, -0.2) is 91.9 Å². The second kappa shape index (κ2) is 10.0. The molecule has 5 heterocycles. The smallest absolute Gasteiger partial charge is 0.319 e. The first-order valence-electron chi connectivity index (χ1n) is 14.0. The van der Waals surface area contributed by atoms with Gasteiger partial charge in [-0.2, -0.15) is 9.97 Å². The minimum atomic E-state index is -0.924. The van der Waals surface area contributed by atoms with Crippen molar-refractivity contribution in [3.63, 3.8) is 0 Å². The van der Waals surface area contributed by atoms with E-state index in [-0.39, 0.29) is 42.7 Å². The van der Waals surface area contributed by atoms with E-state index in [1.54, 1.807) is 11.0 Å². The molecule has 0 spiro atoms. The van der Waals surface area contributed by atoms with Crippen LogP contribution in [0.2, 0.25) is 0 Å². The zero-order valence-corrected chi connectivity index (χ0v) is 22.4. The molecule has 11 heteroatoms. The van der Waals surface area contributed by atoms with Crippen LogP contribution in [0.5, 0.6) is 11.8 Å². The number of fused-ring (bicyclic) bond motifs is 3. The number of ether oxygens (including phenoxy) is 1. The van der Waals surface area contributed by atoms with Crippen molar-refractivity contribution in [2.24, 2.45) is 0 Å². The molecule has 3 fully saturated rings. The number of anilines is 1. The molecule has 2 aromatic heterocycles. The quantitative estimate of drug-likeness (QED) is 0.324. The number of hydrogen-bond donors (Lipinski definition) is 3. The molecule has 7 rings (SSSR count). The molecule has 3 aliphatic heterocycles. The van der Waals surface area contributed by atoms with E-state index in [0.29, 0.717) is 41.5 Å². The van der Waals surface area contributed by atoms with E-state index in [4.69, 9.17) is 4.74 Å². The van der Waals surface area contributed by atoms with Crippen molar-refractivity contribution in [3.8, 4) is 23.0 Å². The van der Waals surface area contributed by atoms with Crippen LogP contribution in [0.15, 0.2) is 42.6 Å². The molecule has 0 aliphatic carbocycles. The van der Waals surface area contributed by atoms with Gasteiger partial charge in [-0.3, -0.25) is 9.88 Å². The van der Waals surface area contributed by atoms with E-state index in [2.05, 4.69) is 19.9 Å². The number of aromatic nitrogens is 3. The van der Waals surface area contributed by atoms with Crippen LogP contribution in [0.1, 0.15) is 25.7 Å². The summed E-state index contributed by atoms with van der Waals surface area (Å²) >= 11 is 0. The molecule has 9 nitrogen and oxygen atoms in total. The number of nitrogens with zero attached hydrogens (tertiary/aromatic N) is 5. The van der Waals surface area contributed by atoms with Crippen LogP contribution in [0.3, 0.4) is 0 Å². The lowest BCUT2D eigenvalue weighted by Crippen LogP contribution is -2.43. The molecule has 2 aromatic carbocycles. The predicted octanol–water partition coefficient (Wildman–Crippen LogP) is 3.58. The summed E-state index contributed by atoms with van der Waals surface area (Å²) in [6.45, 7) is 1.31. The number of hydrogen-bond acceptors (Lipinski definition) is 9. The van der Waals surface area contributed by atoms with Gasteiger partial charge in [0.25, 0.3) is 0 Å². The van der Waals surface area contributed by atoms with Gasteiger partial charge >= 0.3 is 6.01 Å². The van der Waals surface area contributed by atoms with Crippen LogP contribution < -0.4 is 9.64 Å². The fourth-order valence-corrected chi connectivity index (χ4v) is 6.96.